The Balaban J connectivity index is 1.93. The molecule has 0 aliphatic carbocycles. The Morgan fingerprint density at radius 2 is 2.00 bits per heavy atom. The van der Waals surface area contributed by atoms with E-state index in [1.165, 1.54) is 0 Å². The minimum absolute atomic E-state index is 0.580. The normalized spacial score (nSPS) is 14.9. The van der Waals surface area contributed by atoms with E-state index in [0.717, 1.165) is 48.0 Å². The van der Waals surface area contributed by atoms with Crippen molar-refractivity contribution in [2.24, 2.45) is 0 Å². The van der Waals surface area contributed by atoms with Crippen LogP contribution in [0.3, 0.4) is 0 Å². The van der Waals surface area contributed by atoms with Gasteiger partial charge in [0.15, 0.2) is 0 Å². The first-order valence-corrected chi connectivity index (χ1v) is 6.65. The van der Waals surface area contributed by atoms with Gasteiger partial charge in [0.1, 0.15) is 5.82 Å². The van der Waals surface area contributed by atoms with Crippen LogP contribution in [0.1, 0.15) is 12.2 Å². The quantitative estimate of drug-likeness (QED) is 0.790. The first-order chi connectivity index (χ1) is 9.26. The summed E-state index contributed by atoms with van der Waals surface area (Å²) in [4.78, 5) is 17.3. The number of fused-ring (bicyclic) bond motifs is 1. The zero-order chi connectivity index (χ0) is 13.2. The minimum Gasteiger partial charge on any atom is -0.338 e. The Morgan fingerprint density at radius 3 is 2.74 bits per heavy atom. The number of aromatic nitrogens is 2. The fraction of sp³-hybridized carbons (Fsp3) is 0.286. The Labute approximate surface area is 116 Å². The molecule has 98 valence electrons. The van der Waals surface area contributed by atoms with Crippen molar-refractivity contribution < 1.29 is 4.79 Å². The van der Waals surface area contributed by atoms with Crippen molar-refractivity contribution in [3.8, 4) is 11.3 Å². The molecule has 0 N–H and O–H groups in total. The SMILES string of the molecule is O=CN1CCCn2cc(-c3ccc(Cl)cc3)nc2C1. The van der Waals surface area contributed by atoms with Gasteiger partial charge in [-0.25, -0.2) is 4.98 Å². The molecule has 19 heavy (non-hydrogen) atoms. The van der Waals surface area contributed by atoms with Crippen LogP contribution in [-0.4, -0.2) is 27.4 Å². The van der Waals surface area contributed by atoms with E-state index in [0.29, 0.717) is 6.54 Å². The van der Waals surface area contributed by atoms with Gasteiger partial charge in [-0.2, -0.15) is 0 Å². The van der Waals surface area contributed by atoms with Crippen LogP contribution >= 0.6 is 11.6 Å². The lowest BCUT2D eigenvalue weighted by atomic mass is 10.2. The van der Waals surface area contributed by atoms with Crippen molar-refractivity contribution >= 4 is 18.0 Å². The number of carbonyl (C=O) groups excluding carboxylic acids is 1. The van der Waals surface area contributed by atoms with Crippen LogP contribution in [0.2, 0.25) is 5.02 Å². The highest BCUT2D eigenvalue weighted by Gasteiger charge is 2.16. The molecule has 1 amide bonds. The molecular formula is C14H14ClN3O. The highest BCUT2D eigenvalue weighted by Crippen LogP contribution is 2.22. The Kier molecular flexibility index (Phi) is 3.25. The van der Waals surface area contributed by atoms with Crippen molar-refractivity contribution in [1.82, 2.24) is 14.5 Å². The molecule has 0 atom stereocenters. The molecule has 0 unspecified atom stereocenters. The first-order valence-electron chi connectivity index (χ1n) is 6.27. The number of carbonyl (C=O) groups is 1. The molecular weight excluding hydrogens is 262 g/mol. The minimum atomic E-state index is 0.580. The molecule has 0 fully saturated rings. The van der Waals surface area contributed by atoms with Gasteiger partial charge in [-0.3, -0.25) is 4.79 Å². The van der Waals surface area contributed by atoms with Gasteiger partial charge in [-0.05, 0) is 18.6 Å². The number of aryl methyl sites for hydroxylation is 1. The lowest BCUT2D eigenvalue weighted by molar-refractivity contribution is -0.118. The Morgan fingerprint density at radius 1 is 1.21 bits per heavy atom. The molecule has 4 nitrogen and oxygen atoms in total. The Hall–Kier alpha value is -1.81. The van der Waals surface area contributed by atoms with Crippen molar-refractivity contribution in [3.05, 3.63) is 41.3 Å². The topological polar surface area (TPSA) is 38.1 Å². The first kappa shape index (κ1) is 12.2. The highest BCUT2D eigenvalue weighted by molar-refractivity contribution is 6.30. The lowest BCUT2D eigenvalue weighted by Gasteiger charge is -2.11. The van der Waals surface area contributed by atoms with Crippen molar-refractivity contribution in [1.29, 1.82) is 0 Å². The maximum Gasteiger partial charge on any atom is 0.210 e. The number of hydrogen-bond acceptors (Lipinski definition) is 2. The zero-order valence-corrected chi connectivity index (χ0v) is 11.2. The van der Waals surface area contributed by atoms with Gasteiger partial charge < -0.3 is 9.47 Å². The fourth-order valence-electron chi connectivity index (χ4n) is 2.33. The second-order valence-corrected chi connectivity index (χ2v) is 5.11. The summed E-state index contributed by atoms with van der Waals surface area (Å²) >= 11 is 5.89. The third-order valence-electron chi connectivity index (χ3n) is 3.34. The van der Waals surface area contributed by atoms with Gasteiger partial charge in [0.05, 0.1) is 12.2 Å². The van der Waals surface area contributed by atoms with Crippen LogP contribution in [-0.2, 0) is 17.9 Å². The van der Waals surface area contributed by atoms with Crippen LogP contribution in [0, 0.1) is 0 Å². The van der Waals surface area contributed by atoms with Crippen LogP contribution in [0.25, 0.3) is 11.3 Å². The van der Waals surface area contributed by atoms with E-state index < -0.39 is 0 Å². The number of nitrogens with zero attached hydrogens (tertiary/aromatic N) is 3. The number of hydrogen-bond donors (Lipinski definition) is 0. The maximum absolute atomic E-state index is 10.9. The fourth-order valence-corrected chi connectivity index (χ4v) is 2.45. The van der Waals surface area contributed by atoms with Gasteiger partial charge >= 0.3 is 0 Å². The third kappa shape index (κ3) is 2.49. The average molecular weight is 276 g/mol. The van der Waals surface area contributed by atoms with E-state index in [2.05, 4.69) is 9.55 Å². The molecule has 5 heteroatoms. The van der Waals surface area contributed by atoms with Crippen LogP contribution < -0.4 is 0 Å². The summed E-state index contributed by atoms with van der Waals surface area (Å²) in [7, 11) is 0. The molecule has 1 aliphatic rings. The van der Waals surface area contributed by atoms with Gasteiger partial charge in [0.2, 0.25) is 6.41 Å². The smallest absolute Gasteiger partial charge is 0.210 e. The van der Waals surface area contributed by atoms with Crippen LogP contribution in [0.4, 0.5) is 0 Å². The number of halogens is 1. The number of amides is 1. The molecule has 1 aromatic carbocycles. The van der Waals surface area contributed by atoms with E-state index in [-0.39, 0.29) is 0 Å². The van der Waals surface area contributed by atoms with Gasteiger partial charge in [0, 0.05) is 29.9 Å². The van der Waals surface area contributed by atoms with E-state index >= 15 is 0 Å². The largest absolute Gasteiger partial charge is 0.338 e. The number of rotatable bonds is 2. The Bertz CT molecular complexity index is 591. The molecule has 0 saturated carbocycles. The van der Waals surface area contributed by atoms with Crippen molar-refractivity contribution in [2.45, 2.75) is 19.5 Å². The van der Waals surface area contributed by atoms with E-state index in [4.69, 9.17) is 11.6 Å². The summed E-state index contributed by atoms with van der Waals surface area (Å²) in [6.07, 6.45) is 3.90. The highest BCUT2D eigenvalue weighted by atomic mass is 35.5. The van der Waals surface area contributed by atoms with Crippen molar-refractivity contribution in [3.63, 3.8) is 0 Å². The van der Waals surface area contributed by atoms with Crippen molar-refractivity contribution in [2.75, 3.05) is 6.54 Å². The lowest BCUT2D eigenvalue weighted by Crippen LogP contribution is -2.21. The van der Waals surface area contributed by atoms with Gasteiger partial charge in [-0.1, -0.05) is 23.7 Å². The van der Waals surface area contributed by atoms with E-state index in [1.54, 1.807) is 4.90 Å². The molecule has 0 saturated heterocycles. The average Bonchev–Trinajstić information content (AvgIpc) is 2.72. The second kappa shape index (κ2) is 5.05. The monoisotopic (exact) mass is 275 g/mol. The molecule has 0 spiro atoms. The van der Waals surface area contributed by atoms with E-state index in [9.17, 15) is 4.79 Å². The second-order valence-electron chi connectivity index (χ2n) is 4.67. The molecule has 0 radical (unpaired) electrons. The molecule has 3 rings (SSSR count). The van der Waals surface area contributed by atoms with Crippen LogP contribution in [0.5, 0.6) is 0 Å². The summed E-state index contributed by atoms with van der Waals surface area (Å²) in [5.41, 5.74) is 1.97. The van der Waals surface area contributed by atoms with Gasteiger partial charge in [0.25, 0.3) is 0 Å². The summed E-state index contributed by atoms with van der Waals surface area (Å²) in [6, 6.07) is 7.64. The summed E-state index contributed by atoms with van der Waals surface area (Å²) in [5, 5.41) is 0.719. The maximum atomic E-state index is 10.9. The predicted molar refractivity (Wildman–Crippen MR) is 73.8 cm³/mol. The zero-order valence-electron chi connectivity index (χ0n) is 10.4. The standard InChI is InChI=1S/C14H14ClN3O/c15-12-4-2-11(3-5-12)13-8-18-7-1-6-17(10-19)9-14(18)16-13/h2-5,8,10H,1,6-7,9H2. The number of imidazole rings is 1. The summed E-state index contributed by atoms with van der Waals surface area (Å²) in [5.74, 6) is 0.939. The molecule has 2 heterocycles. The summed E-state index contributed by atoms with van der Waals surface area (Å²) in [6.45, 7) is 2.28. The molecule has 1 aromatic heterocycles. The van der Waals surface area contributed by atoms with Gasteiger partial charge in [-0.15, -0.1) is 0 Å². The third-order valence-corrected chi connectivity index (χ3v) is 3.59. The number of benzene rings is 1. The summed E-state index contributed by atoms with van der Waals surface area (Å²) < 4.78 is 2.13. The molecule has 1 aliphatic heterocycles. The predicted octanol–water partition coefficient (Wildman–Crippen LogP) is 2.57. The van der Waals surface area contributed by atoms with Crippen LogP contribution in [0.15, 0.2) is 30.5 Å². The van der Waals surface area contributed by atoms with E-state index in [1.807, 2.05) is 30.5 Å². The molecule has 0 bridgehead atoms. The molecule has 2 aromatic rings.